The standard InChI is InChI=1S/C14H19NO4/c1-4-12(14(17)18)15-13(16)10(3)19-11-7-5-6-9(2)8-11/h5-8,10,12H,4H2,1-3H3,(H,15,16)(H,17,18)/t10?,12-/m1/s1. The third kappa shape index (κ3) is 4.62. The van der Waals surface area contributed by atoms with Crippen LogP contribution >= 0.6 is 0 Å². The number of ether oxygens (including phenoxy) is 1. The lowest BCUT2D eigenvalue weighted by Gasteiger charge is -2.18. The van der Waals surface area contributed by atoms with Crippen molar-refractivity contribution in [2.75, 3.05) is 0 Å². The Kier molecular flexibility index (Phi) is 5.36. The molecule has 0 aliphatic rings. The fourth-order valence-corrected chi connectivity index (χ4v) is 1.57. The van der Waals surface area contributed by atoms with Crippen molar-refractivity contribution >= 4 is 11.9 Å². The number of benzene rings is 1. The Morgan fingerprint density at radius 3 is 2.63 bits per heavy atom. The maximum absolute atomic E-state index is 11.8. The molecule has 1 aromatic carbocycles. The molecule has 0 aliphatic heterocycles. The molecule has 0 aliphatic carbocycles. The Balaban J connectivity index is 2.60. The van der Waals surface area contributed by atoms with Crippen molar-refractivity contribution < 1.29 is 19.4 Å². The van der Waals surface area contributed by atoms with Crippen molar-refractivity contribution in [2.45, 2.75) is 39.3 Å². The first-order chi connectivity index (χ1) is 8.93. The first-order valence-corrected chi connectivity index (χ1v) is 6.20. The molecule has 19 heavy (non-hydrogen) atoms. The molecule has 1 aromatic rings. The Morgan fingerprint density at radius 1 is 1.42 bits per heavy atom. The third-order valence-electron chi connectivity index (χ3n) is 2.69. The van der Waals surface area contributed by atoms with Gasteiger partial charge < -0.3 is 15.2 Å². The number of amides is 1. The quantitative estimate of drug-likeness (QED) is 0.821. The Morgan fingerprint density at radius 2 is 2.11 bits per heavy atom. The number of rotatable bonds is 6. The highest BCUT2D eigenvalue weighted by Gasteiger charge is 2.22. The number of carbonyl (C=O) groups is 2. The van der Waals surface area contributed by atoms with Gasteiger partial charge in [-0.15, -0.1) is 0 Å². The number of aliphatic carboxylic acids is 1. The van der Waals surface area contributed by atoms with Gasteiger partial charge in [0.15, 0.2) is 6.10 Å². The molecular weight excluding hydrogens is 246 g/mol. The van der Waals surface area contributed by atoms with E-state index in [0.717, 1.165) is 5.56 Å². The van der Waals surface area contributed by atoms with Gasteiger partial charge in [0.1, 0.15) is 11.8 Å². The lowest BCUT2D eigenvalue weighted by atomic mass is 10.2. The van der Waals surface area contributed by atoms with E-state index >= 15 is 0 Å². The van der Waals surface area contributed by atoms with Crippen LogP contribution in [0, 0.1) is 6.92 Å². The molecule has 1 amide bonds. The minimum Gasteiger partial charge on any atom is -0.481 e. The van der Waals surface area contributed by atoms with Gasteiger partial charge in [0, 0.05) is 0 Å². The summed E-state index contributed by atoms with van der Waals surface area (Å²) in [5.41, 5.74) is 1.03. The molecule has 0 spiro atoms. The van der Waals surface area contributed by atoms with E-state index in [1.807, 2.05) is 25.1 Å². The predicted molar refractivity (Wildman–Crippen MR) is 71.1 cm³/mol. The number of hydrogen-bond acceptors (Lipinski definition) is 3. The molecule has 0 radical (unpaired) electrons. The molecule has 0 saturated carbocycles. The van der Waals surface area contributed by atoms with E-state index in [2.05, 4.69) is 5.32 Å². The second-order valence-electron chi connectivity index (χ2n) is 4.38. The summed E-state index contributed by atoms with van der Waals surface area (Å²) in [6, 6.07) is 6.45. The highest BCUT2D eigenvalue weighted by Crippen LogP contribution is 2.14. The van der Waals surface area contributed by atoms with Crippen molar-refractivity contribution in [1.29, 1.82) is 0 Å². The number of carbonyl (C=O) groups excluding carboxylic acids is 1. The summed E-state index contributed by atoms with van der Waals surface area (Å²) in [6.07, 6.45) is -0.409. The lowest BCUT2D eigenvalue weighted by molar-refractivity contribution is -0.143. The fourth-order valence-electron chi connectivity index (χ4n) is 1.57. The zero-order valence-corrected chi connectivity index (χ0v) is 11.3. The van der Waals surface area contributed by atoms with Gasteiger partial charge >= 0.3 is 5.97 Å². The number of carboxylic acids is 1. The summed E-state index contributed by atoms with van der Waals surface area (Å²) in [7, 11) is 0. The molecule has 1 rings (SSSR count). The van der Waals surface area contributed by atoms with Crippen LogP contribution in [0.4, 0.5) is 0 Å². The van der Waals surface area contributed by atoms with Gasteiger partial charge in [-0.25, -0.2) is 4.79 Å². The fraction of sp³-hybridized carbons (Fsp3) is 0.429. The predicted octanol–water partition coefficient (Wildman–Crippen LogP) is 1.74. The van der Waals surface area contributed by atoms with E-state index < -0.39 is 24.0 Å². The highest BCUT2D eigenvalue weighted by atomic mass is 16.5. The van der Waals surface area contributed by atoms with Crippen molar-refractivity contribution in [3.63, 3.8) is 0 Å². The smallest absolute Gasteiger partial charge is 0.326 e. The largest absolute Gasteiger partial charge is 0.481 e. The summed E-state index contributed by atoms with van der Waals surface area (Å²) in [5.74, 6) is -0.889. The van der Waals surface area contributed by atoms with Crippen molar-refractivity contribution in [2.24, 2.45) is 0 Å². The molecule has 2 atom stereocenters. The van der Waals surface area contributed by atoms with Crippen LogP contribution in [0.2, 0.25) is 0 Å². The van der Waals surface area contributed by atoms with E-state index in [4.69, 9.17) is 9.84 Å². The third-order valence-corrected chi connectivity index (χ3v) is 2.69. The van der Waals surface area contributed by atoms with E-state index in [1.165, 1.54) is 0 Å². The van der Waals surface area contributed by atoms with Crippen molar-refractivity contribution in [1.82, 2.24) is 5.32 Å². The van der Waals surface area contributed by atoms with Crippen LogP contribution in [0.15, 0.2) is 24.3 Å². The van der Waals surface area contributed by atoms with E-state index in [1.54, 1.807) is 19.9 Å². The highest BCUT2D eigenvalue weighted by molar-refractivity contribution is 5.86. The van der Waals surface area contributed by atoms with Gasteiger partial charge in [0.2, 0.25) is 0 Å². The molecule has 5 heteroatoms. The molecule has 0 saturated heterocycles. The molecule has 5 nitrogen and oxygen atoms in total. The van der Waals surface area contributed by atoms with Crippen LogP contribution in [0.5, 0.6) is 5.75 Å². The molecule has 0 aromatic heterocycles. The van der Waals surface area contributed by atoms with Gasteiger partial charge in [0.25, 0.3) is 5.91 Å². The molecule has 0 heterocycles. The Hall–Kier alpha value is -2.04. The number of aryl methyl sites for hydroxylation is 1. The second kappa shape index (κ2) is 6.78. The van der Waals surface area contributed by atoms with Crippen LogP contribution < -0.4 is 10.1 Å². The molecule has 1 unspecified atom stereocenters. The maximum atomic E-state index is 11.8. The average molecular weight is 265 g/mol. The van der Waals surface area contributed by atoms with Crippen LogP contribution in [0.1, 0.15) is 25.8 Å². The summed E-state index contributed by atoms with van der Waals surface area (Å²) in [4.78, 5) is 22.6. The zero-order valence-electron chi connectivity index (χ0n) is 11.3. The normalized spacial score (nSPS) is 13.4. The van der Waals surface area contributed by atoms with Gasteiger partial charge in [-0.05, 0) is 38.0 Å². The first-order valence-electron chi connectivity index (χ1n) is 6.20. The number of nitrogens with one attached hydrogen (secondary N) is 1. The summed E-state index contributed by atoms with van der Waals surface area (Å²) >= 11 is 0. The van der Waals surface area contributed by atoms with Gasteiger partial charge in [-0.1, -0.05) is 19.1 Å². The monoisotopic (exact) mass is 265 g/mol. The van der Waals surface area contributed by atoms with Crippen LogP contribution in [-0.2, 0) is 9.59 Å². The molecule has 2 N–H and O–H groups in total. The second-order valence-corrected chi connectivity index (χ2v) is 4.38. The topological polar surface area (TPSA) is 75.6 Å². The average Bonchev–Trinajstić information content (AvgIpc) is 2.35. The van der Waals surface area contributed by atoms with Gasteiger partial charge in [-0.3, -0.25) is 4.79 Å². The molecule has 0 bridgehead atoms. The van der Waals surface area contributed by atoms with Crippen LogP contribution in [-0.4, -0.2) is 29.1 Å². The van der Waals surface area contributed by atoms with E-state index in [-0.39, 0.29) is 0 Å². The molecule has 104 valence electrons. The summed E-state index contributed by atoms with van der Waals surface area (Å²) < 4.78 is 5.48. The van der Waals surface area contributed by atoms with Gasteiger partial charge in [-0.2, -0.15) is 0 Å². The molecular formula is C14H19NO4. The minimum absolute atomic E-state index is 0.332. The summed E-state index contributed by atoms with van der Waals surface area (Å²) in [6.45, 7) is 5.21. The number of hydrogen-bond donors (Lipinski definition) is 2. The minimum atomic E-state index is -1.04. The SMILES string of the molecule is CC[C@@H](NC(=O)C(C)Oc1cccc(C)c1)C(=O)O. The van der Waals surface area contributed by atoms with Crippen LogP contribution in [0.25, 0.3) is 0 Å². The zero-order chi connectivity index (χ0) is 14.4. The Labute approximate surface area is 112 Å². The van der Waals surface area contributed by atoms with Crippen molar-refractivity contribution in [3.05, 3.63) is 29.8 Å². The van der Waals surface area contributed by atoms with Crippen molar-refractivity contribution in [3.8, 4) is 5.75 Å². The van der Waals surface area contributed by atoms with E-state index in [0.29, 0.717) is 12.2 Å². The maximum Gasteiger partial charge on any atom is 0.326 e. The van der Waals surface area contributed by atoms with E-state index in [9.17, 15) is 9.59 Å². The molecule has 0 fully saturated rings. The first kappa shape index (κ1) is 15.0. The number of carboxylic acid groups (broad SMARTS) is 1. The summed E-state index contributed by atoms with van der Waals surface area (Å²) in [5, 5.41) is 11.3. The van der Waals surface area contributed by atoms with Crippen LogP contribution in [0.3, 0.4) is 0 Å². The van der Waals surface area contributed by atoms with Gasteiger partial charge in [0.05, 0.1) is 0 Å². The lowest BCUT2D eigenvalue weighted by Crippen LogP contribution is -2.45. The Bertz CT molecular complexity index is 459.